The zero-order valence-corrected chi connectivity index (χ0v) is 15.5. The van der Waals surface area contributed by atoms with E-state index in [-0.39, 0.29) is 23.3 Å². The third kappa shape index (κ3) is 3.50. The van der Waals surface area contributed by atoms with Crippen molar-refractivity contribution < 1.29 is 18.4 Å². The van der Waals surface area contributed by atoms with Crippen molar-refractivity contribution in [1.29, 1.82) is 0 Å². The molecule has 2 aromatic carbocycles. The van der Waals surface area contributed by atoms with Gasteiger partial charge in [-0.25, -0.2) is 0 Å². The molecule has 0 bridgehead atoms. The molecule has 2 N–H and O–H groups in total. The van der Waals surface area contributed by atoms with Crippen molar-refractivity contribution in [2.24, 2.45) is 0 Å². The summed E-state index contributed by atoms with van der Waals surface area (Å²) < 4.78 is 10.7. The first-order valence-corrected chi connectivity index (χ1v) is 8.84. The highest BCUT2D eigenvalue weighted by atomic mass is 35.5. The summed E-state index contributed by atoms with van der Waals surface area (Å²) in [7, 11) is 0. The maximum absolute atomic E-state index is 12.6. The zero-order chi connectivity index (χ0) is 19.7. The van der Waals surface area contributed by atoms with Crippen LogP contribution in [0.3, 0.4) is 0 Å². The Morgan fingerprint density at radius 1 is 0.929 bits per heavy atom. The topological polar surface area (TPSA) is 84.5 Å². The molecule has 140 valence electrons. The molecular weight excluding hydrogens is 380 g/mol. The van der Waals surface area contributed by atoms with E-state index in [0.29, 0.717) is 22.0 Å². The lowest BCUT2D eigenvalue weighted by Gasteiger charge is -2.06. The number of hydrogen-bond acceptors (Lipinski definition) is 4. The predicted octanol–water partition coefficient (Wildman–Crippen LogP) is 5.49. The second-order valence-corrected chi connectivity index (χ2v) is 6.60. The van der Waals surface area contributed by atoms with Gasteiger partial charge in [0, 0.05) is 27.3 Å². The van der Waals surface area contributed by atoms with E-state index >= 15 is 0 Å². The maximum atomic E-state index is 12.6. The Kier molecular flexibility index (Phi) is 4.63. The van der Waals surface area contributed by atoms with Crippen molar-refractivity contribution in [3.63, 3.8) is 0 Å². The van der Waals surface area contributed by atoms with E-state index in [9.17, 15) is 9.59 Å². The molecule has 0 saturated carbocycles. The molecule has 0 fully saturated rings. The Bertz CT molecular complexity index is 1160. The first-order chi connectivity index (χ1) is 13.5. The van der Waals surface area contributed by atoms with Crippen LogP contribution < -0.4 is 10.6 Å². The molecule has 0 aliphatic rings. The minimum atomic E-state index is -0.364. The highest BCUT2D eigenvalue weighted by molar-refractivity contribution is 6.31. The number of nitrogens with one attached hydrogen (secondary N) is 2. The van der Waals surface area contributed by atoms with Crippen LogP contribution in [-0.4, -0.2) is 11.8 Å². The molecule has 4 rings (SSSR count). The molecule has 0 saturated heterocycles. The molecule has 2 aromatic heterocycles. The zero-order valence-electron chi connectivity index (χ0n) is 14.8. The lowest BCUT2D eigenvalue weighted by Crippen LogP contribution is -2.13. The molecule has 2 amide bonds. The monoisotopic (exact) mass is 394 g/mol. The minimum absolute atomic E-state index is 0.220. The van der Waals surface area contributed by atoms with Crippen LogP contribution >= 0.6 is 11.6 Å². The molecule has 0 aliphatic carbocycles. The average molecular weight is 395 g/mol. The van der Waals surface area contributed by atoms with Gasteiger partial charge in [0.1, 0.15) is 5.58 Å². The summed E-state index contributed by atoms with van der Waals surface area (Å²) in [5.41, 5.74) is 2.47. The number of carbonyl (C=O) groups excluding carboxylic acids is 2. The van der Waals surface area contributed by atoms with Gasteiger partial charge in [0.25, 0.3) is 11.8 Å². The van der Waals surface area contributed by atoms with E-state index < -0.39 is 0 Å². The van der Waals surface area contributed by atoms with Crippen LogP contribution in [0, 0.1) is 6.92 Å². The molecule has 0 atom stereocenters. The minimum Gasteiger partial charge on any atom is -0.459 e. The van der Waals surface area contributed by atoms with Gasteiger partial charge in [-0.05, 0) is 61.5 Å². The number of halogens is 1. The average Bonchev–Trinajstić information content (AvgIpc) is 3.32. The number of aryl methyl sites for hydroxylation is 1. The van der Waals surface area contributed by atoms with Crippen LogP contribution in [0.2, 0.25) is 5.02 Å². The fourth-order valence-electron chi connectivity index (χ4n) is 2.83. The molecule has 0 aliphatic heterocycles. The van der Waals surface area contributed by atoms with E-state index in [1.54, 1.807) is 54.6 Å². The van der Waals surface area contributed by atoms with Crippen LogP contribution in [-0.2, 0) is 0 Å². The summed E-state index contributed by atoms with van der Waals surface area (Å²) in [5.74, 6) is -0.263. The van der Waals surface area contributed by atoms with Gasteiger partial charge in [0.05, 0.1) is 6.26 Å². The fourth-order valence-corrected chi connectivity index (χ4v) is 3.01. The van der Waals surface area contributed by atoms with Gasteiger partial charge in [0.15, 0.2) is 11.5 Å². The Labute approximate surface area is 165 Å². The third-order valence-electron chi connectivity index (χ3n) is 4.25. The van der Waals surface area contributed by atoms with E-state index in [1.807, 2.05) is 6.92 Å². The third-order valence-corrected chi connectivity index (χ3v) is 4.49. The number of hydrogen-bond donors (Lipinski definition) is 2. The Morgan fingerprint density at radius 3 is 2.25 bits per heavy atom. The first-order valence-electron chi connectivity index (χ1n) is 8.46. The van der Waals surface area contributed by atoms with Gasteiger partial charge in [-0.2, -0.15) is 0 Å². The van der Waals surface area contributed by atoms with Gasteiger partial charge < -0.3 is 19.5 Å². The predicted molar refractivity (Wildman–Crippen MR) is 107 cm³/mol. The standard InChI is InChI=1S/C21H15ClN2O4/c1-12-16-11-13(22)4-9-17(16)28-19(12)21(26)24-15-7-5-14(6-8-15)23-20(25)18-3-2-10-27-18/h2-11H,1H3,(H,23,25)(H,24,26). The summed E-state index contributed by atoms with van der Waals surface area (Å²) in [4.78, 5) is 24.6. The van der Waals surface area contributed by atoms with E-state index in [2.05, 4.69) is 10.6 Å². The molecule has 0 unspecified atom stereocenters. The summed E-state index contributed by atoms with van der Waals surface area (Å²) in [6.45, 7) is 1.81. The maximum Gasteiger partial charge on any atom is 0.291 e. The number of carbonyl (C=O) groups is 2. The highest BCUT2D eigenvalue weighted by Crippen LogP contribution is 2.28. The highest BCUT2D eigenvalue weighted by Gasteiger charge is 2.18. The van der Waals surface area contributed by atoms with Crippen LogP contribution in [0.4, 0.5) is 11.4 Å². The van der Waals surface area contributed by atoms with Crippen LogP contribution in [0.15, 0.2) is 69.7 Å². The Hall–Kier alpha value is -3.51. The largest absolute Gasteiger partial charge is 0.459 e. The molecule has 0 spiro atoms. The molecule has 7 heteroatoms. The molecule has 0 radical (unpaired) electrons. The molecular formula is C21H15ClN2O4. The fraction of sp³-hybridized carbons (Fsp3) is 0.0476. The van der Waals surface area contributed by atoms with Gasteiger partial charge >= 0.3 is 0 Å². The van der Waals surface area contributed by atoms with Crippen LogP contribution in [0.5, 0.6) is 0 Å². The number of amides is 2. The lowest BCUT2D eigenvalue weighted by molar-refractivity contribution is 0.0989. The summed E-state index contributed by atoms with van der Waals surface area (Å²) in [6.07, 6.45) is 1.43. The van der Waals surface area contributed by atoms with Crippen LogP contribution in [0.25, 0.3) is 11.0 Å². The summed E-state index contributed by atoms with van der Waals surface area (Å²) in [5, 5.41) is 6.88. The first kappa shape index (κ1) is 17.9. The number of fused-ring (bicyclic) bond motifs is 1. The summed E-state index contributed by atoms with van der Waals surface area (Å²) >= 11 is 6.01. The van der Waals surface area contributed by atoms with Gasteiger partial charge in [0.2, 0.25) is 0 Å². The Balaban J connectivity index is 1.48. The van der Waals surface area contributed by atoms with E-state index in [1.165, 1.54) is 6.26 Å². The van der Waals surface area contributed by atoms with E-state index in [4.69, 9.17) is 20.4 Å². The smallest absolute Gasteiger partial charge is 0.291 e. The Morgan fingerprint density at radius 2 is 1.61 bits per heavy atom. The molecule has 6 nitrogen and oxygen atoms in total. The van der Waals surface area contributed by atoms with Gasteiger partial charge in [-0.1, -0.05) is 11.6 Å². The number of anilines is 2. The summed E-state index contributed by atoms with van der Waals surface area (Å²) in [6, 6.07) is 15.2. The number of furan rings is 2. The van der Waals surface area contributed by atoms with Crippen LogP contribution in [0.1, 0.15) is 26.7 Å². The molecule has 2 heterocycles. The SMILES string of the molecule is Cc1c(C(=O)Nc2ccc(NC(=O)c3ccco3)cc2)oc2ccc(Cl)cc12. The van der Waals surface area contributed by atoms with Crippen molar-refractivity contribution in [2.75, 3.05) is 10.6 Å². The van der Waals surface area contributed by atoms with Gasteiger partial charge in [-0.3, -0.25) is 9.59 Å². The lowest BCUT2D eigenvalue weighted by atomic mass is 10.1. The number of rotatable bonds is 4. The normalized spacial score (nSPS) is 10.8. The van der Waals surface area contributed by atoms with Crippen molar-refractivity contribution in [2.45, 2.75) is 6.92 Å². The van der Waals surface area contributed by atoms with Crippen molar-refractivity contribution in [3.05, 3.63) is 83.0 Å². The second-order valence-electron chi connectivity index (χ2n) is 6.16. The van der Waals surface area contributed by atoms with E-state index in [0.717, 1.165) is 10.9 Å². The second kappa shape index (κ2) is 7.25. The van der Waals surface area contributed by atoms with Gasteiger partial charge in [-0.15, -0.1) is 0 Å². The number of benzene rings is 2. The quantitative estimate of drug-likeness (QED) is 0.479. The van der Waals surface area contributed by atoms with Crippen molar-refractivity contribution in [1.82, 2.24) is 0 Å². The van der Waals surface area contributed by atoms with Crippen molar-refractivity contribution in [3.8, 4) is 0 Å². The van der Waals surface area contributed by atoms with Crippen molar-refractivity contribution >= 4 is 45.8 Å². The molecule has 28 heavy (non-hydrogen) atoms. The molecule has 4 aromatic rings.